The molecule has 0 unspecified atom stereocenters. The molecular weight excluding hydrogens is 1500 g/mol. The van der Waals surface area contributed by atoms with Crippen molar-refractivity contribution in [1.29, 1.82) is 0 Å². The van der Waals surface area contributed by atoms with E-state index in [4.69, 9.17) is 49.9 Å². The number of hydrogen-bond acceptors (Lipinski definition) is 27. The number of nitrogens with zero attached hydrogens (tertiary/aromatic N) is 4. The molecule has 0 bridgehead atoms. The highest BCUT2D eigenvalue weighted by molar-refractivity contribution is 8.77. The van der Waals surface area contributed by atoms with Gasteiger partial charge in [0.15, 0.2) is 5.78 Å². The lowest BCUT2D eigenvalue weighted by Gasteiger charge is -2.35. The predicted molar refractivity (Wildman–Crippen MR) is 416 cm³/mol. The smallest absolute Gasteiger partial charge is 0.457 e. The molecule has 33 heteroatoms. The standard InChI is InChI=1S/C77H92N10O19S4/c1-6-76(55-36-62-66-51(32-48-19-8-10-22-57(48)83-66)38-86(62)70(95)53(55)40-103-72(76)97)105-74(99)101-28-30-107-109-42-60(81-45(4)89)68(93)80-27-17-14-24-59(65(92)35-50(21-13-16-26-79)64(91)34-47(44(3)88)18-12-15-25-78)85-69(94)61(82-46(5)90)43-110-108-31-29-102-75(100)106-77(7-2)56-37-63-67-52(33-49-20-9-11-23-58(49)84-67)39-87(63)71(96)54(56)41-104-73(77)98/h8-11,19-20,22-23,32-33,36-37,47,50,59-61H,6-7,12-18,21,24-31,34-35,38-43,78-79H2,1-5H3,(H,80,93)(H,81,89)(H,82,90)(H,85,94)/t47-,50-,59+,60-,61-,76+,77-/m1/s1. The number of aromatic nitrogens is 4. The molecule has 7 atom stereocenters. The van der Waals surface area contributed by atoms with Crippen molar-refractivity contribution in [3.05, 3.63) is 127 Å². The van der Waals surface area contributed by atoms with Crippen LogP contribution in [-0.2, 0) is 109 Å². The van der Waals surface area contributed by atoms with Crippen molar-refractivity contribution in [2.24, 2.45) is 23.3 Å². The number of carbonyl (C=O) groups is 11. The zero-order valence-electron chi connectivity index (χ0n) is 62.0. The summed E-state index contributed by atoms with van der Waals surface area (Å²) in [5, 5.41) is 12.8. The van der Waals surface area contributed by atoms with E-state index in [1.165, 1.54) is 53.2 Å². The molecule has 0 aliphatic carbocycles. The lowest BCUT2D eigenvalue weighted by molar-refractivity contribution is -0.175. The molecule has 29 nitrogen and oxygen atoms in total. The summed E-state index contributed by atoms with van der Waals surface area (Å²) < 4.78 is 36.6. The van der Waals surface area contributed by atoms with Gasteiger partial charge < -0.3 is 70.3 Å². The number of unbranched alkanes of at least 4 members (excludes halogenated alkanes) is 3. The molecule has 8 N–H and O–H groups in total. The molecule has 0 radical (unpaired) electrons. The number of hydrogen-bond donors (Lipinski definition) is 6. The summed E-state index contributed by atoms with van der Waals surface area (Å²) in [6.07, 6.45) is 0.761. The van der Waals surface area contributed by atoms with Crippen LogP contribution in [0, 0.1) is 11.8 Å². The first-order chi connectivity index (χ1) is 52.9. The van der Waals surface area contributed by atoms with Gasteiger partial charge in [0.2, 0.25) is 34.8 Å². The Bertz CT molecular complexity index is 4630. The molecule has 0 saturated heterocycles. The van der Waals surface area contributed by atoms with Crippen molar-refractivity contribution >= 4 is 130 Å². The van der Waals surface area contributed by atoms with Crippen LogP contribution in [0.4, 0.5) is 9.59 Å². The molecule has 8 heterocycles. The number of benzene rings is 2. The van der Waals surface area contributed by atoms with Crippen LogP contribution in [0.1, 0.15) is 151 Å². The maximum atomic E-state index is 14.7. The molecular formula is C77H92N10O19S4. The van der Waals surface area contributed by atoms with Crippen LogP contribution < -0.4 is 43.9 Å². The third-order valence-corrected chi connectivity index (χ3v) is 24.7. The van der Waals surface area contributed by atoms with Crippen LogP contribution >= 0.6 is 43.2 Å². The number of para-hydroxylation sites is 2. The minimum absolute atomic E-state index is 0.0342. The lowest BCUT2D eigenvalue weighted by Crippen LogP contribution is -2.52. The molecule has 0 saturated carbocycles. The quantitative estimate of drug-likeness (QED) is 0.00913. The number of fused-ring (bicyclic) bond motifs is 10. The maximum Gasteiger partial charge on any atom is 0.509 e. The van der Waals surface area contributed by atoms with Crippen LogP contribution in [-0.4, -0.2) is 158 Å². The van der Waals surface area contributed by atoms with Crippen LogP contribution in [0.25, 0.3) is 44.6 Å². The average Bonchev–Trinajstić information content (AvgIpc) is 1.50. The third-order valence-electron chi connectivity index (χ3n) is 19.9. The van der Waals surface area contributed by atoms with E-state index in [1.807, 2.05) is 60.7 Å². The van der Waals surface area contributed by atoms with E-state index < -0.39 is 106 Å². The van der Waals surface area contributed by atoms with Crippen molar-refractivity contribution in [2.45, 2.75) is 174 Å². The highest BCUT2D eigenvalue weighted by atomic mass is 33.1. The SMILES string of the molecule is CC[C@]1(OC(=O)OCCSSC[C@@H](NC(C)=O)C(=O)N[C@@H](CCCCNC(=O)[C@@H](CSSCCOC(=O)O[C@]2(CC)C(=O)OCc3c2cc2n(c3=O)Cc3cc4ccccc4nc3-2)NC(C)=O)C(=O)C[C@@H](CCCCN)C(=O)C[C@@H](CCCCN)C(C)=O)C(=O)OCc2c1cc1n(c2=O)Cc2cc3ccccc3nc2-1. The number of carbonyl (C=O) groups excluding carboxylic acids is 11. The van der Waals surface area contributed by atoms with Gasteiger partial charge in [0.05, 0.1) is 64.1 Å². The molecule has 110 heavy (non-hydrogen) atoms. The monoisotopic (exact) mass is 1590 g/mol. The fourth-order valence-corrected chi connectivity index (χ4v) is 18.1. The normalized spacial score (nSPS) is 17.0. The fourth-order valence-electron chi connectivity index (χ4n) is 14.1. The van der Waals surface area contributed by atoms with Crippen LogP contribution in [0.3, 0.4) is 0 Å². The first-order valence-electron chi connectivity index (χ1n) is 36.9. The number of esters is 2. The summed E-state index contributed by atoms with van der Waals surface area (Å²) in [5.74, 6) is -5.95. The van der Waals surface area contributed by atoms with Gasteiger partial charge in [-0.05, 0) is 114 Å². The first-order valence-corrected chi connectivity index (χ1v) is 41.9. The Hall–Kier alpha value is -9.15. The number of amides is 4. The summed E-state index contributed by atoms with van der Waals surface area (Å²) >= 11 is 0. The molecule has 4 aliphatic heterocycles. The van der Waals surface area contributed by atoms with Gasteiger partial charge in [0, 0.05) is 101 Å². The largest absolute Gasteiger partial charge is 0.509 e. The van der Waals surface area contributed by atoms with Crippen LogP contribution in [0.5, 0.6) is 0 Å². The molecule has 0 spiro atoms. The van der Waals surface area contributed by atoms with Gasteiger partial charge in [0.25, 0.3) is 11.1 Å². The summed E-state index contributed by atoms with van der Waals surface area (Å²) in [6.45, 7) is 7.42. The number of nitrogens with two attached hydrogens (primary N) is 2. The number of Topliss-reactive ketones (excluding diaryl/α,β-unsaturated/α-hetero) is 3. The Labute approximate surface area is 650 Å². The van der Waals surface area contributed by atoms with Crippen molar-refractivity contribution < 1.29 is 81.2 Å². The maximum absolute atomic E-state index is 14.7. The highest BCUT2D eigenvalue weighted by Crippen LogP contribution is 2.44. The van der Waals surface area contributed by atoms with E-state index in [2.05, 4.69) is 21.3 Å². The minimum Gasteiger partial charge on any atom is -0.457 e. The van der Waals surface area contributed by atoms with Crippen LogP contribution in [0.15, 0.2) is 82.4 Å². The van der Waals surface area contributed by atoms with E-state index >= 15 is 0 Å². The second kappa shape index (κ2) is 38.7. The number of pyridine rings is 4. The number of ketones is 3. The van der Waals surface area contributed by atoms with E-state index in [9.17, 15) is 62.3 Å². The molecule has 588 valence electrons. The second-order valence-electron chi connectivity index (χ2n) is 27.4. The Morgan fingerprint density at radius 2 is 1.00 bits per heavy atom. The second-order valence-corrected chi connectivity index (χ2v) is 32.7. The Kier molecular flexibility index (Phi) is 29.3. The van der Waals surface area contributed by atoms with Gasteiger partial charge in [-0.2, -0.15) is 0 Å². The van der Waals surface area contributed by atoms with Gasteiger partial charge >= 0.3 is 24.2 Å². The first kappa shape index (κ1) is 83.3. The van der Waals surface area contributed by atoms with Gasteiger partial charge in [-0.25, -0.2) is 29.1 Å². The van der Waals surface area contributed by atoms with Gasteiger partial charge in [-0.1, -0.05) is 106 Å². The summed E-state index contributed by atoms with van der Waals surface area (Å²) in [7, 11) is 4.77. The summed E-state index contributed by atoms with van der Waals surface area (Å²) in [4.78, 5) is 187. The summed E-state index contributed by atoms with van der Waals surface area (Å²) in [5.41, 5.74) is 12.6. The number of cyclic esters (lactones) is 2. The molecule has 4 amide bonds. The minimum atomic E-state index is -2.02. The van der Waals surface area contributed by atoms with Gasteiger partial charge in [-0.3, -0.25) is 43.2 Å². The van der Waals surface area contributed by atoms with Gasteiger partial charge in [0.1, 0.15) is 50.1 Å². The van der Waals surface area contributed by atoms with Crippen molar-refractivity contribution in [3.8, 4) is 22.8 Å². The Balaban J connectivity index is 0.723. The molecule has 2 aromatic carbocycles. The van der Waals surface area contributed by atoms with E-state index in [0.717, 1.165) is 38.2 Å². The molecule has 4 aromatic heterocycles. The Morgan fingerprint density at radius 1 is 0.545 bits per heavy atom. The molecule has 0 fully saturated rings. The summed E-state index contributed by atoms with van der Waals surface area (Å²) in [6, 6.07) is 18.9. The van der Waals surface area contributed by atoms with Crippen molar-refractivity contribution in [2.75, 3.05) is 55.9 Å². The average molecular weight is 1590 g/mol. The molecule has 6 aromatic rings. The van der Waals surface area contributed by atoms with Gasteiger partial charge in [-0.15, -0.1) is 0 Å². The highest BCUT2D eigenvalue weighted by Gasteiger charge is 2.53. The molecule has 4 aliphatic rings. The van der Waals surface area contributed by atoms with E-state index in [-0.39, 0.29) is 148 Å². The van der Waals surface area contributed by atoms with Crippen molar-refractivity contribution in [1.82, 2.24) is 40.4 Å². The van der Waals surface area contributed by atoms with E-state index in [0.29, 0.717) is 79.9 Å². The lowest BCUT2D eigenvalue weighted by atomic mass is 9.83. The topological polar surface area (TPSA) is 413 Å². The Morgan fingerprint density at radius 3 is 1.46 bits per heavy atom. The van der Waals surface area contributed by atoms with E-state index in [1.54, 1.807) is 35.1 Å². The number of ether oxygens (including phenoxy) is 6. The third kappa shape index (κ3) is 19.8. The predicted octanol–water partition coefficient (Wildman–Crippen LogP) is 8.04. The zero-order chi connectivity index (χ0) is 78.8. The zero-order valence-corrected chi connectivity index (χ0v) is 65.3. The molecule has 10 rings (SSSR count). The van der Waals surface area contributed by atoms with Crippen LogP contribution in [0.2, 0.25) is 0 Å². The number of rotatable bonds is 41. The fraction of sp³-hybridized carbons (Fsp3) is 0.494. The number of nitrogens with one attached hydrogen (secondary N) is 4. The van der Waals surface area contributed by atoms with Crippen molar-refractivity contribution in [3.63, 3.8) is 0 Å².